The minimum atomic E-state index is -0.494. The van der Waals surface area contributed by atoms with E-state index in [2.05, 4.69) is 54.2 Å². The highest BCUT2D eigenvalue weighted by molar-refractivity contribution is 7.18. The summed E-state index contributed by atoms with van der Waals surface area (Å²) >= 11 is 1.06. The van der Waals surface area contributed by atoms with Crippen molar-refractivity contribution in [2.45, 2.75) is 99.8 Å². The third-order valence-electron chi connectivity index (χ3n) is 7.94. The van der Waals surface area contributed by atoms with Gasteiger partial charge < -0.3 is 19.7 Å². The molecule has 0 spiro atoms. The van der Waals surface area contributed by atoms with Gasteiger partial charge in [-0.3, -0.25) is 4.79 Å². The standard InChI is InChI=1S/C34H51N5O4S/c1-9-14-16-25(11-3)21-39(22-26(12-4)17-15-10-2)30-18-28(36-24(7)40)29(19-31(30)42-8)37-38-33-27(20-35)23(6)32(44-33)34(41)43-13-5/h18-19,25-26H,9-17,21-22H2,1-8H3,(H,36,40)/b38-37+. The first kappa shape index (κ1) is 36.7. The number of benzene rings is 1. The van der Waals surface area contributed by atoms with Crippen LogP contribution in [-0.4, -0.2) is 38.7 Å². The second-order valence-electron chi connectivity index (χ2n) is 11.2. The molecule has 1 N–H and O–H groups in total. The number of methoxy groups -OCH3 is 1. The van der Waals surface area contributed by atoms with Gasteiger partial charge in [-0.15, -0.1) is 21.6 Å². The van der Waals surface area contributed by atoms with Gasteiger partial charge in [0.15, 0.2) is 5.00 Å². The molecule has 0 bridgehead atoms. The molecule has 1 aromatic carbocycles. The topological polar surface area (TPSA) is 116 Å². The number of carbonyl (C=O) groups excluding carboxylic acids is 2. The van der Waals surface area contributed by atoms with Crippen molar-refractivity contribution in [1.29, 1.82) is 5.26 Å². The molecule has 2 rings (SSSR count). The Kier molecular flexibility index (Phi) is 15.9. The van der Waals surface area contributed by atoms with E-state index in [1.807, 2.05) is 6.07 Å². The second kappa shape index (κ2) is 19.0. The number of azo groups is 1. The number of unbranched alkanes of at least 4 members (excludes halogenated alkanes) is 2. The molecule has 2 unspecified atom stereocenters. The van der Waals surface area contributed by atoms with Gasteiger partial charge in [0.25, 0.3) is 0 Å². The number of anilines is 2. The van der Waals surface area contributed by atoms with Gasteiger partial charge in [-0.25, -0.2) is 4.79 Å². The quantitative estimate of drug-likeness (QED) is 0.123. The largest absolute Gasteiger partial charge is 0.494 e. The van der Waals surface area contributed by atoms with Crippen LogP contribution < -0.4 is 15.0 Å². The lowest BCUT2D eigenvalue weighted by molar-refractivity contribution is -0.114. The van der Waals surface area contributed by atoms with Crippen molar-refractivity contribution in [3.8, 4) is 11.8 Å². The molecule has 0 saturated carbocycles. The van der Waals surface area contributed by atoms with Crippen LogP contribution in [0.25, 0.3) is 0 Å². The van der Waals surface area contributed by atoms with Crippen molar-refractivity contribution in [2.24, 2.45) is 22.1 Å². The van der Waals surface area contributed by atoms with E-state index in [1.54, 1.807) is 27.0 Å². The highest BCUT2D eigenvalue weighted by Crippen LogP contribution is 2.42. The van der Waals surface area contributed by atoms with Gasteiger partial charge in [0.05, 0.1) is 30.7 Å². The summed E-state index contributed by atoms with van der Waals surface area (Å²) in [6.45, 7) is 15.9. The summed E-state index contributed by atoms with van der Waals surface area (Å²) < 4.78 is 11.1. The predicted octanol–water partition coefficient (Wildman–Crippen LogP) is 9.73. The number of nitrogens with zero attached hydrogens (tertiary/aromatic N) is 4. The molecule has 0 aliphatic rings. The van der Waals surface area contributed by atoms with Crippen molar-refractivity contribution in [2.75, 3.05) is 37.0 Å². The Morgan fingerprint density at radius 2 is 1.64 bits per heavy atom. The summed E-state index contributed by atoms with van der Waals surface area (Å²) in [5.74, 6) is 0.978. The van der Waals surface area contributed by atoms with Crippen LogP contribution in [0.1, 0.15) is 114 Å². The number of esters is 1. The first-order valence-corrected chi connectivity index (χ1v) is 16.9. The van der Waals surface area contributed by atoms with Gasteiger partial charge >= 0.3 is 5.97 Å². The van der Waals surface area contributed by atoms with Crippen LogP contribution in [0, 0.1) is 30.1 Å². The fraction of sp³-hybridized carbons (Fsp3) is 0.618. The van der Waals surface area contributed by atoms with E-state index in [0.29, 0.717) is 44.4 Å². The fourth-order valence-electron chi connectivity index (χ4n) is 5.26. The molecule has 242 valence electrons. The number of nitrogens with one attached hydrogen (secondary N) is 1. The normalized spacial score (nSPS) is 12.5. The Hall–Kier alpha value is -3.45. The molecule has 0 saturated heterocycles. The molecule has 9 nitrogen and oxygen atoms in total. The Morgan fingerprint density at radius 3 is 2.11 bits per heavy atom. The number of thiophene rings is 1. The lowest BCUT2D eigenvalue weighted by atomic mass is 9.95. The van der Waals surface area contributed by atoms with Crippen LogP contribution in [0.3, 0.4) is 0 Å². The third kappa shape index (κ3) is 10.3. The van der Waals surface area contributed by atoms with E-state index in [1.165, 1.54) is 32.6 Å². The molecule has 1 amide bonds. The fourth-order valence-corrected chi connectivity index (χ4v) is 6.23. The summed E-state index contributed by atoms with van der Waals surface area (Å²) in [5, 5.41) is 21.9. The van der Waals surface area contributed by atoms with Crippen molar-refractivity contribution >= 4 is 45.3 Å². The van der Waals surface area contributed by atoms with E-state index in [0.717, 1.165) is 55.8 Å². The average molecular weight is 626 g/mol. The van der Waals surface area contributed by atoms with Crippen molar-refractivity contribution in [3.05, 3.63) is 28.1 Å². The van der Waals surface area contributed by atoms with Crippen LogP contribution in [0.2, 0.25) is 0 Å². The van der Waals surface area contributed by atoms with Crippen molar-refractivity contribution < 1.29 is 19.1 Å². The summed E-state index contributed by atoms with van der Waals surface area (Å²) in [5.41, 5.74) is 2.59. The number of carbonyl (C=O) groups is 2. The molecule has 2 aromatic rings. The number of amides is 1. The smallest absolute Gasteiger partial charge is 0.348 e. The maximum Gasteiger partial charge on any atom is 0.348 e. The highest BCUT2D eigenvalue weighted by atomic mass is 32.1. The van der Waals surface area contributed by atoms with Crippen LogP contribution in [-0.2, 0) is 9.53 Å². The van der Waals surface area contributed by atoms with Crippen LogP contribution >= 0.6 is 11.3 Å². The Labute approximate surface area is 268 Å². The van der Waals surface area contributed by atoms with Gasteiger partial charge in [-0.2, -0.15) is 5.26 Å². The lowest BCUT2D eigenvalue weighted by Crippen LogP contribution is -2.34. The van der Waals surface area contributed by atoms with E-state index >= 15 is 0 Å². The highest BCUT2D eigenvalue weighted by Gasteiger charge is 2.24. The molecule has 1 aromatic heterocycles. The van der Waals surface area contributed by atoms with Gasteiger partial charge in [-0.05, 0) is 50.2 Å². The molecule has 0 fully saturated rings. The second-order valence-corrected chi connectivity index (χ2v) is 12.2. The molecule has 2 atom stereocenters. The summed E-state index contributed by atoms with van der Waals surface area (Å²) in [4.78, 5) is 27.5. The molecule has 0 aliphatic heterocycles. The zero-order chi connectivity index (χ0) is 32.6. The number of hydrogen-bond donors (Lipinski definition) is 1. The summed E-state index contributed by atoms with van der Waals surface area (Å²) in [6, 6.07) is 5.86. The van der Waals surface area contributed by atoms with Gasteiger partial charge in [0, 0.05) is 26.1 Å². The molecule has 0 radical (unpaired) electrons. The zero-order valence-corrected chi connectivity index (χ0v) is 28.7. The van der Waals surface area contributed by atoms with Crippen LogP contribution in [0.15, 0.2) is 22.4 Å². The number of hydrogen-bond acceptors (Lipinski definition) is 9. The first-order valence-electron chi connectivity index (χ1n) is 16.0. The first-order chi connectivity index (χ1) is 21.2. The van der Waals surface area contributed by atoms with Gasteiger partial charge in [-0.1, -0.05) is 66.2 Å². The Bertz CT molecular complexity index is 1280. The third-order valence-corrected chi connectivity index (χ3v) is 9.10. The molecule has 44 heavy (non-hydrogen) atoms. The molecule has 10 heteroatoms. The number of nitriles is 1. The van der Waals surface area contributed by atoms with Gasteiger partial charge in [0.1, 0.15) is 22.4 Å². The van der Waals surface area contributed by atoms with E-state index in [9.17, 15) is 14.9 Å². The van der Waals surface area contributed by atoms with E-state index in [-0.39, 0.29) is 18.1 Å². The minimum absolute atomic E-state index is 0.230. The van der Waals surface area contributed by atoms with E-state index < -0.39 is 5.97 Å². The maximum atomic E-state index is 12.4. The number of ether oxygens (including phenoxy) is 2. The van der Waals surface area contributed by atoms with Gasteiger partial charge in [0.2, 0.25) is 5.91 Å². The molecular formula is C34H51N5O4S. The van der Waals surface area contributed by atoms with Crippen LogP contribution in [0.4, 0.5) is 22.1 Å². The summed E-state index contributed by atoms with van der Waals surface area (Å²) in [6.07, 6.45) is 9.22. The SMILES string of the molecule is CCCCC(CC)CN(CC(CC)CCCC)c1cc(NC(C)=O)c(/N=N/c2sc(C(=O)OCC)c(C)c2C#N)cc1OC. The van der Waals surface area contributed by atoms with Crippen molar-refractivity contribution in [1.82, 2.24) is 0 Å². The Morgan fingerprint density at radius 1 is 1.02 bits per heavy atom. The zero-order valence-electron chi connectivity index (χ0n) is 27.9. The molecular weight excluding hydrogens is 574 g/mol. The monoisotopic (exact) mass is 625 g/mol. The Balaban J connectivity index is 2.64. The minimum Gasteiger partial charge on any atom is -0.494 e. The predicted molar refractivity (Wildman–Crippen MR) is 180 cm³/mol. The van der Waals surface area contributed by atoms with Crippen LogP contribution in [0.5, 0.6) is 5.75 Å². The van der Waals surface area contributed by atoms with Crippen molar-refractivity contribution in [3.63, 3.8) is 0 Å². The maximum absolute atomic E-state index is 12.4. The average Bonchev–Trinajstić information content (AvgIpc) is 3.34. The lowest BCUT2D eigenvalue weighted by Gasteiger charge is -2.34. The summed E-state index contributed by atoms with van der Waals surface area (Å²) in [7, 11) is 1.64. The molecule has 1 heterocycles. The van der Waals surface area contributed by atoms with E-state index in [4.69, 9.17) is 9.47 Å². The molecule has 0 aliphatic carbocycles. The number of rotatable bonds is 19.